The summed E-state index contributed by atoms with van der Waals surface area (Å²) < 4.78 is 19.0. The number of thiazole rings is 1. The molecular formula is C34H27ClN2O5S. The van der Waals surface area contributed by atoms with Crippen LogP contribution in [0, 0.1) is 0 Å². The number of carbonyl (C=O) groups excluding carboxylic acids is 1. The highest BCUT2D eigenvalue weighted by molar-refractivity contribution is 7.07. The summed E-state index contributed by atoms with van der Waals surface area (Å²) in [6, 6.07) is 25.4. The van der Waals surface area contributed by atoms with Crippen LogP contribution in [0.25, 0.3) is 22.5 Å². The van der Waals surface area contributed by atoms with Crippen molar-refractivity contribution in [1.82, 2.24) is 4.57 Å². The smallest absolute Gasteiger partial charge is 0.338 e. The average molecular weight is 611 g/mol. The first kappa shape index (κ1) is 28.5. The van der Waals surface area contributed by atoms with Gasteiger partial charge in [-0.15, -0.1) is 0 Å². The molecule has 0 N–H and O–H groups in total. The Hall–Kier alpha value is -4.66. The van der Waals surface area contributed by atoms with Crippen LogP contribution in [0.3, 0.4) is 0 Å². The van der Waals surface area contributed by atoms with E-state index in [4.69, 9.17) is 30.8 Å². The highest BCUT2D eigenvalue weighted by atomic mass is 35.5. The highest BCUT2D eigenvalue weighted by Gasteiger charge is 2.37. The van der Waals surface area contributed by atoms with Crippen molar-refractivity contribution in [3.63, 3.8) is 0 Å². The molecule has 7 nitrogen and oxygen atoms in total. The van der Waals surface area contributed by atoms with Crippen molar-refractivity contribution in [1.29, 1.82) is 0 Å². The molecule has 0 bridgehead atoms. The third-order valence-corrected chi connectivity index (χ3v) is 8.49. The molecule has 1 aromatic heterocycles. The van der Waals surface area contributed by atoms with E-state index in [1.54, 1.807) is 50.0 Å². The Morgan fingerprint density at radius 1 is 0.977 bits per heavy atom. The van der Waals surface area contributed by atoms with E-state index >= 15 is 0 Å². The maximum atomic E-state index is 14.4. The van der Waals surface area contributed by atoms with Crippen molar-refractivity contribution in [2.75, 3.05) is 20.8 Å². The number of hydrogen-bond donors (Lipinski definition) is 0. The molecular weight excluding hydrogens is 584 g/mol. The molecule has 216 valence electrons. The van der Waals surface area contributed by atoms with E-state index < -0.39 is 12.0 Å². The number of carbonyl (C=O) groups is 1. The fourth-order valence-corrected chi connectivity index (χ4v) is 6.58. The predicted octanol–water partition coefficient (Wildman–Crippen LogP) is 5.76. The average Bonchev–Trinajstić information content (AvgIpc) is 3.34. The normalized spacial score (nSPS) is 14.8. The van der Waals surface area contributed by atoms with Gasteiger partial charge in [-0.05, 0) is 48.0 Å². The fraction of sp³-hybridized carbons (Fsp3) is 0.147. The van der Waals surface area contributed by atoms with Crippen LogP contribution in [0.4, 0.5) is 0 Å². The summed E-state index contributed by atoms with van der Waals surface area (Å²) in [7, 11) is 3.14. The van der Waals surface area contributed by atoms with E-state index in [9.17, 15) is 9.59 Å². The zero-order chi connectivity index (χ0) is 30.1. The summed E-state index contributed by atoms with van der Waals surface area (Å²) in [5.41, 5.74) is 2.41. The molecule has 1 aliphatic rings. The van der Waals surface area contributed by atoms with Crippen molar-refractivity contribution < 1.29 is 19.0 Å². The second-order valence-electron chi connectivity index (χ2n) is 9.72. The van der Waals surface area contributed by atoms with Crippen molar-refractivity contribution in [2.24, 2.45) is 4.99 Å². The number of methoxy groups -OCH3 is 2. The fourth-order valence-electron chi connectivity index (χ4n) is 5.41. The van der Waals surface area contributed by atoms with Gasteiger partial charge in [0.1, 0.15) is 17.5 Å². The standard InChI is InChI=1S/C34H27ClN2O5S/c1-4-42-33(39)29-30(21-11-6-5-7-12-21)36-34-37(31(29)28-24-13-9-8-10-20(24)14-16-26(28)41-3)32(38)27(43-34)19-22-18-23(35)15-17-25(22)40-2/h5-19,31H,4H2,1-3H3/t31-/m1/s1. The zero-order valence-corrected chi connectivity index (χ0v) is 25.2. The minimum Gasteiger partial charge on any atom is -0.496 e. The van der Waals surface area contributed by atoms with Gasteiger partial charge in [0.15, 0.2) is 4.80 Å². The molecule has 6 rings (SSSR count). The van der Waals surface area contributed by atoms with Gasteiger partial charge in [-0.25, -0.2) is 9.79 Å². The largest absolute Gasteiger partial charge is 0.496 e. The molecule has 0 radical (unpaired) electrons. The summed E-state index contributed by atoms with van der Waals surface area (Å²) in [6.07, 6.45) is 1.74. The molecule has 2 heterocycles. The van der Waals surface area contributed by atoms with Gasteiger partial charge in [0.2, 0.25) is 0 Å². The molecule has 0 saturated carbocycles. The van der Waals surface area contributed by atoms with Crippen LogP contribution in [0.15, 0.2) is 100 Å². The molecule has 5 aromatic rings. The maximum absolute atomic E-state index is 14.4. The van der Waals surface area contributed by atoms with E-state index in [-0.39, 0.29) is 17.7 Å². The minimum absolute atomic E-state index is 0.156. The molecule has 0 fully saturated rings. The van der Waals surface area contributed by atoms with E-state index in [0.717, 1.165) is 16.3 Å². The summed E-state index contributed by atoms with van der Waals surface area (Å²) in [4.78, 5) is 33.7. The highest BCUT2D eigenvalue weighted by Crippen LogP contribution is 2.42. The number of ether oxygens (including phenoxy) is 3. The van der Waals surface area contributed by atoms with Crippen LogP contribution in [-0.4, -0.2) is 31.4 Å². The molecule has 9 heteroatoms. The summed E-state index contributed by atoms with van der Waals surface area (Å²) in [5, 5.41) is 2.29. The number of halogens is 1. The van der Waals surface area contributed by atoms with Crippen LogP contribution in [-0.2, 0) is 9.53 Å². The first-order valence-electron chi connectivity index (χ1n) is 13.6. The molecule has 0 aliphatic carbocycles. The van der Waals surface area contributed by atoms with Crippen LogP contribution >= 0.6 is 22.9 Å². The third-order valence-electron chi connectivity index (χ3n) is 7.28. The number of hydrogen-bond acceptors (Lipinski definition) is 7. The van der Waals surface area contributed by atoms with Gasteiger partial charge in [0.25, 0.3) is 5.56 Å². The number of benzene rings is 4. The SMILES string of the molecule is CCOC(=O)C1=C(c2ccccc2)N=c2sc(=Cc3cc(Cl)ccc3OC)c(=O)n2[C@@H]1c1c(OC)ccc2ccccc12. The lowest BCUT2D eigenvalue weighted by atomic mass is 9.89. The van der Waals surface area contributed by atoms with Crippen molar-refractivity contribution in [3.8, 4) is 11.5 Å². The topological polar surface area (TPSA) is 79.1 Å². The first-order valence-corrected chi connectivity index (χ1v) is 14.8. The number of rotatable bonds is 7. The molecule has 0 spiro atoms. The summed E-state index contributed by atoms with van der Waals surface area (Å²) in [5.74, 6) is 0.543. The van der Waals surface area contributed by atoms with Gasteiger partial charge in [-0.2, -0.15) is 0 Å². The number of fused-ring (bicyclic) bond motifs is 2. The molecule has 1 atom stereocenters. The Morgan fingerprint density at radius 3 is 2.44 bits per heavy atom. The first-order chi connectivity index (χ1) is 20.9. The van der Waals surface area contributed by atoms with Crippen LogP contribution < -0.4 is 24.4 Å². The second-order valence-corrected chi connectivity index (χ2v) is 11.2. The van der Waals surface area contributed by atoms with Gasteiger partial charge >= 0.3 is 5.97 Å². The van der Waals surface area contributed by atoms with E-state index in [1.165, 1.54) is 11.3 Å². The van der Waals surface area contributed by atoms with E-state index in [0.29, 0.717) is 42.7 Å². The Labute approximate surface area is 256 Å². The van der Waals surface area contributed by atoms with Crippen LogP contribution in [0.2, 0.25) is 5.02 Å². The molecule has 0 amide bonds. The van der Waals surface area contributed by atoms with Crippen molar-refractivity contribution in [2.45, 2.75) is 13.0 Å². The molecule has 43 heavy (non-hydrogen) atoms. The van der Waals surface area contributed by atoms with Crippen molar-refractivity contribution >= 4 is 51.5 Å². The predicted molar refractivity (Wildman–Crippen MR) is 170 cm³/mol. The van der Waals surface area contributed by atoms with Crippen molar-refractivity contribution in [3.05, 3.63) is 132 Å². The lowest BCUT2D eigenvalue weighted by Gasteiger charge is -2.28. The summed E-state index contributed by atoms with van der Waals surface area (Å²) in [6.45, 7) is 1.91. The minimum atomic E-state index is -0.894. The van der Waals surface area contributed by atoms with Crippen LogP contribution in [0.5, 0.6) is 11.5 Å². The van der Waals surface area contributed by atoms with Gasteiger partial charge in [0.05, 0.1) is 36.6 Å². The van der Waals surface area contributed by atoms with E-state index in [2.05, 4.69) is 0 Å². The monoisotopic (exact) mass is 610 g/mol. The second kappa shape index (κ2) is 11.9. The zero-order valence-electron chi connectivity index (χ0n) is 23.7. The van der Waals surface area contributed by atoms with Gasteiger partial charge < -0.3 is 14.2 Å². The number of esters is 1. The Morgan fingerprint density at radius 2 is 1.70 bits per heavy atom. The number of aromatic nitrogens is 1. The maximum Gasteiger partial charge on any atom is 0.338 e. The quantitative estimate of drug-likeness (QED) is 0.219. The van der Waals surface area contributed by atoms with E-state index in [1.807, 2.05) is 66.7 Å². The molecule has 0 saturated heterocycles. The Kier molecular flexibility index (Phi) is 7.88. The van der Waals surface area contributed by atoms with Gasteiger partial charge in [-0.3, -0.25) is 9.36 Å². The van der Waals surface area contributed by atoms with Crippen LogP contribution in [0.1, 0.15) is 29.7 Å². The molecule has 1 aliphatic heterocycles. The third kappa shape index (κ3) is 5.13. The molecule has 0 unspecified atom stereocenters. The lowest BCUT2D eigenvalue weighted by molar-refractivity contribution is -0.138. The van der Waals surface area contributed by atoms with Gasteiger partial charge in [-0.1, -0.05) is 83.6 Å². The Balaban J connectivity index is 1.75. The Bertz CT molecular complexity index is 2080. The molecule has 4 aromatic carbocycles. The van der Waals surface area contributed by atoms with Gasteiger partial charge in [0, 0.05) is 21.7 Å². The number of nitrogens with zero attached hydrogens (tertiary/aromatic N) is 2. The summed E-state index contributed by atoms with van der Waals surface area (Å²) >= 11 is 7.52. The lowest BCUT2D eigenvalue weighted by Crippen LogP contribution is -2.40.